The van der Waals surface area contributed by atoms with Crippen LogP contribution in [0.15, 0.2) is 212 Å². The molecular weight excluding hydrogens is 771 g/mol. The number of rotatable bonds is 5. The van der Waals surface area contributed by atoms with Gasteiger partial charge in [0.25, 0.3) is 0 Å². The predicted octanol–water partition coefficient (Wildman–Crippen LogP) is 16.1. The Morgan fingerprint density at radius 1 is 0.306 bits per heavy atom. The van der Waals surface area contributed by atoms with E-state index in [1.165, 1.54) is 85.5 Å². The summed E-state index contributed by atoms with van der Waals surface area (Å²) in [7, 11) is 0. The van der Waals surface area contributed by atoms with Gasteiger partial charge in [0.15, 0.2) is 0 Å². The third-order valence-corrected chi connectivity index (χ3v) is 13.8. The lowest BCUT2D eigenvalue weighted by Gasteiger charge is -2.14. The molecule has 0 atom stereocenters. The standard InChI is InChI=1S/C58H35N3S/c1-4-16-36(17-5-1)37-28-30-38(31-29-37)41-32-33-51-48(34-41)52-45-25-13-15-27-47(45)56-54(57(52)62-51)53-44-24-12-10-22-42(44)43-23-11-14-26-46(43)55(53)61(56)58-59-49(39-18-6-2-7-19-39)35-50(60-58)40-20-8-3-9-21-40/h1-35H. The minimum Gasteiger partial charge on any atom is -0.277 e. The summed E-state index contributed by atoms with van der Waals surface area (Å²) >= 11 is 1.89. The van der Waals surface area contributed by atoms with Gasteiger partial charge in [0.05, 0.1) is 22.4 Å². The van der Waals surface area contributed by atoms with E-state index in [-0.39, 0.29) is 0 Å². The normalized spacial score (nSPS) is 11.9. The SMILES string of the molecule is c1ccc(-c2ccc(-c3ccc4sc5c(c4c3)c3ccccc3c3c5c4c5ccccc5c5ccccc5c4n3-c3nc(-c4ccccc4)cc(-c4ccccc4)n3)cc2)cc1. The van der Waals surface area contributed by atoms with Crippen molar-refractivity contribution in [1.82, 2.24) is 14.5 Å². The highest BCUT2D eigenvalue weighted by atomic mass is 32.1. The van der Waals surface area contributed by atoms with Gasteiger partial charge in [-0.25, -0.2) is 9.97 Å². The summed E-state index contributed by atoms with van der Waals surface area (Å²) in [6, 6.07) is 76.5. The van der Waals surface area contributed by atoms with Crippen LogP contribution in [-0.2, 0) is 0 Å². The van der Waals surface area contributed by atoms with E-state index in [2.05, 4.69) is 217 Å². The molecule has 0 aliphatic rings. The molecule has 0 spiro atoms. The molecule has 3 nitrogen and oxygen atoms in total. The number of hydrogen-bond acceptors (Lipinski definition) is 3. The number of thiophene rings is 1. The molecule has 4 heteroatoms. The van der Waals surface area contributed by atoms with Crippen LogP contribution in [0.1, 0.15) is 0 Å². The van der Waals surface area contributed by atoms with Gasteiger partial charge in [0.1, 0.15) is 0 Å². The Balaban J connectivity index is 1.18. The van der Waals surface area contributed by atoms with E-state index in [1.54, 1.807) is 0 Å². The summed E-state index contributed by atoms with van der Waals surface area (Å²) in [5.74, 6) is 0.650. The molecule has 288 valence electrons. The highest BCUT2D eigenvalue weighted by molar-refractivity contribution is 7.27. The van der Waals surface area contributed by atoms with Crippen LogP contribution < -0.4 is 0 Å². The van der Waals surface area contributed by atoms with Crippen molar-refractivity contribution >= 4 is 85.6 Å². The van der Waals surface area contributed by atoms with E-state index < -0.39 is 0 Å². The van der Waals surface area contributed by atoms with Crippen LogP contribution in [0.5, 0.6) is 0 Å². The maximum Gasteiger partial charge on any atom is 0.235 e. The first kappa shape index (κ1) is 34.9. The van der Waals surface area contributed by atoms with E-state index >= 15 is 0 Å². The van der Waals surface area contributed by atoms with Crippen LogP contribution in [0, 0.1) is 0 Å². The fourth-order valence-corrected chi connectivity index (χ4v) is 11.0. The van der Waals surface area contributed by atoms with Crippen molar-refractivity contribution in [3.8, 4) is 50.7 Å². The molecule has 0 saturated carbocycles. The molecule has 0 bridgehead atoms. The average Bonchev–Trinajstić information content (AvgIpc) is 3.92. The molecule has 10 aromatic carbocycles. The summed E-state index contributed by atoms with van der Waals surface area (Å²) in [5, 5.41) is 12.3. The molecule has 3 heterocycles. The van der Waals surface area contributed by atoms with Crippen molar-refractivity contribution in [2.24, 2.45) is 0 Å². The van der Waals surface area contributed by atoms with E-state index in [9.17, 15) is 0 Å². The Hall–Kier alpha value is -7.92. The number of benzene rings is 10. The molecule has 0 aliphatic heterocycles. The molecule has 0 fully saturated rings. The van der Waals surface area contributed by atoms with Crippen molar-refractivity contribution in [3.63, 3.8) is 0 Å². The highest BCUT2D eigenvalue weighted by Gasteiger charge is 2.27. The first-order chi connectivity index (χ1) is 30.8. The fraction of sp³-hybridized carbons (Fsp3) is 0. The van der Waals surface area contributed by atoms with Gasteiger partial charge in [-0.3, -0.25) is 4.57 Å². The zero-order chi connectivity index (χ0) is 40.7. The first-order valence-electron chi connectivity index (χ1n) is 21.1. The van der Waals surface area contributed by atoms with Crippen molar-refractivity contribution in [3.05, 3.63) is 212 Å². The van der Waals surface area contributed by atoms with Crippen LogP contribution in [0.2, 0.25) is 0 Å². The zero-order valence-electron chi connectivity index (χ0n) is 33.5. The third-order valence-electron chi connectivity index (χ3n) is 12.6. The van der Waals surface area contributed by atoms with Crippen LogP contribution in [0.4, 0.5) is 0 Å². The van der Waals surface area contributed by atoms with Gasteiger partial charge in [-0.15, -0.1) is 11.3 Å². The zero-order valence-corrected chi connectivity index (χ0v) is 34.3. The second kappa shape index (κ2) is 13.8. The highest BCUT2D eigenvalue weighted by Crippen LogP contribution is 2.51. The van der Waals surface area contributed by atoms with Crippen LogP contribution in [-0.4, -0.2) is 14.5 Å². The molecule has 0 radical (unpaired) electrons. The fourth-order valence-electron chi connectivity index (χ4n) is 9.79. The number of fused-ring (bicyclic) bond motifs is 15. The average molecular weight is 806 g/mol. The molecule has 0 aliphatic carbocycles. The second-order valence-corrected chi connectivity index (χ2v) is 17.1. The quantitative estimate of drug-likeness (QED) is 0.162. The molecule has 0 unspecified atom stereocenters. The van der Waals surface area contributed by atoms with Crippen molar-refractivity contribution in [2.45, 2.75) is 0 Å². The molecule has 0 saturated heterocycles. The molecule has 13 rings (SSSR count). The maximum absolute atomic E-state index is 5.51. The topological polar surface area (TPSA) is 30.7 Å². The van der Waals surface area contributed by atoms with Crippen molar-refractivity contribution in [2.75, 3.05) is 0 Å². The van der Waals surface area contributed by atoms with E-state index in [0.29, 0.717) is 5.95 Å². The lowest BCUT2D eigenvalue weighted by atomic mass is 9.94. The van der Waals surface area contributed by atoms with Crippen molar-refractivity contribution in [1.29, 1.82) is 0 Å². The predicted molar refractivity (Wildman–Crippen MR) is 264 cm³/mol. The van der Waals surface area contributed by atoms with Gasteiger partial charge in [-0.1, -0.05) is 194 Å². The van der Waals surface area contributed by atoms with Gasteiger partial charge < -0.3 is 0 Å². The van der Waals surface area contributed by atoms with Gasteiger partial charge in [0.2, 0.25) is 5.95 Å². The summed E-state index contributed by atoms with van der Waals surface area (Å²) < 4.78 is 4.93. The van der Waals surface area contributed by atoms with Crippen LogP contribution in [0.25, 0.3) is 125 Å². The van der Waals surface area contributed by atoms with Gasteiger partial charge >= 0.3 is 0 Å². The van der Waals surface area contributed by atoms with E-state index in [1.807, 2.05) is 11.3 Å². The van der Waals surface area contributed by atoms with E-state index in [4.69, 9.17) is 9.97 Å². The third kappa shape index (κ3) is 5.30. The van der Waals surface area contributed by atoms with Crippen LogP contribution in [0.3, 0.4) is 0 Å². The van der Waals surface area contributed by atoms with E-state index in [0.717, 1.165) is 33.5 Å². The van der Waals surface area contributed by atoms with Gasteiger partial charge in [-0.2, -0.15) is 0 Å². The summed E-state index contributed by atoms with van der Waals surface area (Å²) in [5.41, 5.74) is 11.0. The number of aromatic nitrogens is 3. The lowest BCUT2D eigenvalue weighted by Crippen LogP contribution is -2.04. The Bertz CT molecular complexity index is 3830. The Labute approximate surface area is 361 Å². The Morgan fingerprint density at radius 2 is 0.726 bits per heavy atom. The minimum atomic E-state index is 0.650. The number of hydrogen-bond donors (Lipinski definition) is 0. The second-order valence-electron chi connectivity index (χ2n) is 16.1. The lowest BCUT2D eigenvalue weighted by molar-refractivity contribution is 1.00. The van der Waals surface area contributed by atoms with Gasteiger partial charge in [0, 0.05) is 52.8 Å². The molecule has 62 heavy (non-hydrogen) atoms. The minimum absolute atomic E-state index is 0.650. The molecular formula is C58H35N3S. The number of nitrogens with zero attached hydrogens (tertiary/aromatic N) is 3. The largest absolute Gasteiger partial charge is 0.277 e. The summed E-state index contributed by atoms with van der Waals surface area (Å²) in [6.45, 7) is 0. The first-order valence-corrected chi connectivity index (χ1v) is 21.9. The smallest absolute Gasteiger partial charge is 0.235 e. The Morgan fingerprint density at radius 3 is 1.32 bits per heavy atom. The molecule has 0 N–H and O–H groups in total. The van der Waals surface area contributed by atoms with Gasteiger partial charge in [-0.05, 0) is 62.0 Å². The Kier molecular flexibility index (Phi) is 7.78. The maximum atomic E-state index is 5.51. The molecule has 13 aromatic rings. The van der Waals surface area contributed by atoms with Crippen LogP contribution >= 0.6 is 11.3 Å². The summed E-state index contributed by atoms with van der Waals surface area (Å²) in [6.07, 6.45) is 0. The molecule has 0 amide bonds. The monoisotopic (exact) mass is 805 g/mol. The summed E-state index contributed by atoms with van der Waals surface area (Å²) in [4.78, 5) is 11.0. The van der Waals surface area contributed by atoms with Crippen molar-refractivity contribution < 1.29 is 0 Å². The molecule has 3 aromatic heterocycles.